The molecule has 0 aliphatic carbocycles. The fourth-order valence-electron chi connectivity index (χ4n) is 1.54. The summed E-state index contributed by atoms with van der Waals surface area (Å²) in [7, 11) is 0. The number of phenolic OH excluding ortho intramolecular Hbond substituents is 1. The molecule has 0 saturated carbocycles. The van der Waals surface area contributed by atoms with Crippen molar-refractivity contribution in [3.8, 4) is 5.75 Å². The highest BCUT2D eigenvalue weighted by atomic mass is 16.5. The zero-order valence-corrected chi connectivity index (χ0v) is 6.86. The summed E-state index contributed by atoms with van der Waals surface area (Å²) in [6.07, 6.45) is 1.10. The molecular weight excluding hydrogens is 152 g/mol. The van der Waals surface area contributed by atoms with Crippen LogP contribution in [0.5, 0.6) is 5.75 Å². The number of hydrogen-bond acceptors (Lipinski definition) is 2. The van der Waals surface area contributed by atoms with Crippen LogP contribution in [0.4, 0.5) is 0 Å². The third-order valence-electron chi connectivity index (χ3n) is 2.29. The van der Waals surface area contributed by atoms with Gasteiger partial charge in [-0.05, 0) is 24.1 Å². The Morgan fingerprint density at radius 1 is 1.25 bits per heavy atom. The number of hydrogen-bond donors (Lipinski definition) is 1. The first-order valence-electron chi connectivity index (χ1n) is 4.23. The summed E-state index contributed by atoms with van der Waals surface area (Å²) in [5.41, 5.74) is 1.27. The van der Waals surface area contributed by atoms with Crippen LogP contribution >= 0.6 is 0 Å². The highest BCUT2D eigenvalue weighted by Gasteiger charge is 2.16. The smallest absolute Gasteiger partial charge is 0.115 e. The van der Waals surface area contributed by atoms with Gasteiger partial charge < -0.3 is 9.84 Å². The van der Waals surface area contributed by atoms with Gasteiger partial charge in [0.1, 0.15) is 5.75 Å². The average molecular weight is 164 g/mol. The van der Waals surface area contributed by atoms with Crippen LogP contribution < -0.4 is 0 Å². The second-order valence-electron chi connectivity index (χ2n) is 3.15. The first-order valence-corrected chi connectivity index (χ1v) is 4.23. The Hall–Kier alpha value is -1.02. The average Bonchev–Trinajstić information content (AvgIpc) is 2.58. The van der Waals surface area contributed by atoms with E-state index in [0.29, 0.717) is 11.7 Å². The molecular formula is C10H12O2. The summed E-state index contributed by atoms with van der Waals surface area (Å²) in [6.45, 7) is 1.69. The van der Waals surface area contributed by atoms with Crippen LogP contribution in [0.15, 0.2) is 24.3 Å². The fourth-order valence-corrected chi connectivity index (χ4v) is 1.54. The third-order valence-corrected chi connectivity index (χ3v) is 2.29. The standard InChI is InChI=1S/C10H12O2/c11-10-3-1-8(2-4-10)9-5-6-12-7-9/h1-4,9,11H,5-7H2. The van der Waals surface area contributed by atoms with Gasteiger partial charge in [-0.2, -0.15) is 0 Å². The van der Waals surface area contributed by atoms with E-state index >= 15 is 0 Å². The van der Waals surface area contributed by atoms with Gasteiger partial charge in [0.25, 0.3) is 0 Å². The fraction of sp³-hybridized carbons (Fsp3) is 0.400. The van der Waals surface area contributed by atoms with Crippen molar-refractivity contribution in [3.05, 3.63) is 29.8 Å². The quantitative estimate of drug-likeness (QED) is 0.686. The molecule has 1 unspecified atom stereocenters. The lowest BCUT2D eigenvalue weighted by Crippen LogP contribution is -1.96. The molecule has 12 heavy (non-hydrogen) atoms. The Kier molecular flexibility index (Phi) is 2.00. The van der Waals surface area contributed by atoms with Crippen molar-refractivity contribution in [3.63, 3.8) is 0 Å². The van der Waals surface area contributed by atoms with E-state index in [-0.39, 0.29) is 0 Å². The Morgan fingerprint density at radius 3 is 2.58 bits per heavy atom. The Labute approximate surface area is 71.8 Å². The molecule has 1 fully saturated rings. The van der Waals surface area contributed by atoms with Crippen LogP contribution in [0, 0.1) is 0 Å². The molecule has 0 aromatic heterocycles. The minimum Gasteiger partial charge on any atom is -0.508 e. The predicted octanol–water partition coefficient (Wildman–Crippen LogP) is 1.90. The van der Waals surface area contributed by atoms with Crippen molar-refractivity contribution >= 4 is 0 Å². The van der Waals surface area contributed by atoms with Gasteiger partial charge in [0.05, 0.1) is 6.61 Å². The van der Waals surface area contributed by atoms with Gasteiger partial charge in [-0.15, -0.1) is 0 Å². The Bertz CT molecular complexity index is 247. The lowest BCUT2D eigenvalue weighted by Gasteiger charge is -2.06. The van der Waals surface area contributed by atoms with E-state index in [9.17, 15) is 0 Å². The van der Waals surface area contributed by atoms with E-state index in [1.165, 1.54) is 5.56 Å². The highest BCUT2D eigenvalue weighted by Crippen LogP contribution is 2.25. The Balaban J connectivity index is 2.17. The third kappa shape index (κ3) is 1.43. The van der Waals surface area contributed by atoms with Crippen molar-refractivity contribution in [2.24, 2.45) is 0 Å². The second kappa shape index (κ2) is 3.15. The molecule has 1 saturated heterocycles. The Morgan fingerprint density at radius 2 is 2.00 bits per heavy atom. The number of rotatable bonds is 1. The molecule has 2 heteroatoms. The summed E-state index contributed by atoms with van der Waals surface area (Å²) in [5.74, 6) is 0.864. The molecule has 1 heterocycles. The first kappa shape index (κ1) is 7.62. The van der Waals surface area contributed by atoms with Crippen molar-refractivity contribution < 1.29 is 9.84 Å². The van der Waals surface area contributed by atoms with Crippen molar-refractivity contribution in [1.82, 2.24) is 0 Å². The first-order chi connectivity index (χ1) is 5.86. The molecule has 64 valence electrons. The van der Waals surface area contributed by atoms with E-state index in [2.05, 4.69) is 0 Å². The van der Waals surface area contributed by atoms with Crippen molar-refractivity contribution in [2.75, 3.05) is 13.2 Å². The number of ether oxygens (including phenoxy) is 1. The molecule has 1 aromatic rings. The van der Waals surface area contributed by atoms with E-state index in [1.807, 2.05) is 12.1 Å². The van der Waals surface area contributed by atoms with Crippen LogP contribution in [0.25, 0.3) is 0 Å². The van der Waals surface area contributed by atoms with Gasteiger partial charge in [-0.3, -0.25) is 0 Å². The van der Waals surface area contributed by atoms with E-state index < -0.39 is 0 Å². The minimum atomic E-state index is 0.331. The zero-order chi connectivity index (χ0) is 8.39. The van der Waals surface area contributed by atoms with Gasteiger partial charge in [0.2, 0.25) is 0 Å². The van der Waals surface area contributed by atoms with Gasteiger partial charge >= 0.3 is 0 Å². The van der Waals surface area contributed by atoms with Crippen LogP contribution in [0.3, 0.4) is 0 Å². The molecule has 1 aromatic carbocycles. The maximum absolute atomic E-state index is 9.07. The summed E-state index contributed by atoms with van der Waals surface area (Å²) in [6, 6.07) is 7.39. The topological polar surface area (TPSA) is 29.5 Å². The van der Waals surface area contributed by atoms with Crippen LogP contribution in [-0.2, 0) is 4.74 Å². The molecule has 2 nitrogen and oxygen atoms in total. The van der Waals surface area contributed by atoms with Crippen LogP contribution in [0.2, 0.25) is 0 Å². The van der Waals surface area contributed by atoms with Crippen LogP contribution in [0.1, 0.15) is 17.9 Å². The number of benzene rings is 1. The van der Waals surface area contributed by atoms with E-state index in [0.717, 1.165) is 19.6 Å². The lowest BCUT2D eigenvalue weighted by molar-refractivity contribution is 0.194. The van der Waals surface area contributed by atoms with E-state index in [1.54, 1.807) is 12.1 Å². The summed E-state index contributed by atoms with van der Waals surface area (Å²) >= 11 is 0. The van der Waals surface area contributed by atoms with E-state index in [4.69, 9.17) is 9.84 Å². The lowest BCUT2D eigenvalue weighted by atomic mass is 9.99. The van der Waals surface area contributed by atoms with Crippen molar-refractivity contribution in [1.29, 1.82) is 0 Å². The molecule has 1 N–H and O–H groups in total. The van der Waals surface area contributed by atoms with Crippen LogP contribution in [-0.4, -0.2) is 18.3 Å². The van der Waals surface area contributed by atoms with Crippen molar-refractivity contribution in [2.45, 2.75) is 12.3 Å². The normalized spacial score (nSPS) is 22.8. The molecule has 0 amide bonds. The largest absolute Gasteiger partial charge is 0.508 e. The zero-order valence-electron chi connectivity index (χ0n) is 6.86. The number of aromatic hydroxyl groups is 1. The highest BCUT2D eigenvalue weighted by molar-refractivity contribution is 5.28. The predicted molar refractivity (Wildman–Crippen MR) is 46.3 cm³/mol. The molecule has 1 aliphatic rings. The summed E-state index contributed by atoms with van der Waals surface area (Å²) in [4.78, 5) is 0. The molecule has 1 aliphatic heterocycles. The molecule has 2 rings (SSSR count). The maximum atomic E-state index is 9.07. The molecule has 0 bridgehead atoms. The van der Waals surface area contributed by atoms with Gasteiger partial charge in [0, 0.05) is 12.5 Å². The number of phenols is 1. The minimum absolute atomic E-state index is 0.331. The molecule has 1 atom stereocenters. The maximum Gasteiger partial charge on any atom is 0.115 e. The SMILES string of the molecule is Oc1ccc(C2CCOC2)cc1. The summed E-state index contributed by atoms with van der Waals surface area (Å²) in [5, 5.41) is 9.07. The monoisotopic (exact) mass is 164 g/mol. The molecule has 0 radical (unpaired) electrons. The van der Waals surface area contributed by atoms with Gasteiger partial charge in [-0.25, -0.2) is 0 Å². The summed E-state index contributed by atoms with van der Waals surface area (Å²) < 4.78 is 5.28. The molecule has 0 spiro atoms. The van der Waals surface area contributed by atoms with Gasteiger partial charge in [-0.1, -0.05) is 12.1 Å². The van der Waals surface area contributed by atoms with Gasteiger partial charge in [0.15, 0.2) is 0 Å². The second-order valence-corrected chi connectivity index (χ2v) is 3.15.